The van der Waals surface area contributed by atoms with Gasteiger partial charge in [0.25, 0.3) is 5.91 Å². The van der Waals surface area contributed by atoms with Crippen molar-refractivity contribution < 1.29 is 26.8 Å². The van der Waals surface area contributed by atoms with Crippen LogP contribution >= 0.6 is 0 Å². The van der Waals surface area contributed by atoms with Crippen LogP contribution in [-0.2, 0) is 14.6 Å². The lowest BCUT2D eigenvalue weighted by Gasteiger charge is -2.38. The van der Waals surface area contributed by atoms with Gasteiger partial charge in [0.2, 0.25) is 5.91 Å². The lowest BCUT2D eigenvalue weighted by atomic mass is 9.99. The Morgan fingerprint density at radius 3 is 2.21 bits per heavy atom. The number of piperidine rings is 1. The maximum atomic E-state index is 13.5. The number of hydrogen-bond donors (Lipinski definition) is 1. The number of hydrogen-bond acceptors (Lipinski definition) is 7. The molecule has 5 rings (SSSR count). The average molecular weight is 542 g/mol. The minimum Gasteiger partial charge on any atom is -0.353 e. The summed E-state index contributed by atoms with van der Waals surface area (Å²) in [5.41, 5.74) is 0.388. The number of aromatic nitrogens is 2. The van der Waals surface area contributed by atoms with Crippen molar-refractivity contribution in [1.29, 1.82) is 0 Å². The van der Waals surface area contributed by atoms with Crippen molar-refractivity contribution >= 4 is 33.2 Å². The van der Waals surface area contributed by atoms with E-state index in [-0.39, 0.29) is 48.2 Å². The zero-order valence-electron chi connectivity index (χ0n) is 20.3. The van der Waals surface area contributed by atoms with Crippen LogP contribution in [0.5, 0.6) is 0 Å². The highest BCUT2D eigenvalue weighted by molar-refractivity contribution is 7.92. The first-order chi connectivity index (χ1) is 18.2. The second-order valence-electron chi connectivity index (χ2n) is 9.39. The standard InChI is InChI=1S/C26H25F2N5O4S/c27-19-12-17(13-20(28)14-19)26(35)32-10-7-23(8-11-32)38(36,37)22-5-3-21(4-6-22)30-25(34)18-15-33(16-18)24-2-1-9-29-31-24/h1-6,9,12-14,18,23H,7-8,10-11,15-16H2,(H,30,34). The number of nitrogens with one attached hydrogen (secondary N) is 1. The summed E-state index contributed by atoms with van der Waals surface area (Å²) in [7, 11) is -3.67. The van der Waals surface area contributed by atoms with E-state index in [0.717, 1.165) is 12.1 Å². The van der Waals surface area contributed by atoms with Crippen LogP contribution in [0.25, 0.3) is 0 Å². The number of nitrogens with zero attached hydrogens (tertiary/aromatic N) is 4. The molecule has 0 bridgehead atoms. The normalized spacial score (nSPS) is 16.7. The zero-order chi connectivity index (χ0) is 26.9. The molecular formula is C26H25F2N5O4S. The first-order valence-electron chi connectivity index (χ1n) is 12.1. The van der Waals surface area contributed by atoms with Gasteiger partial charge < -0.3 is 15.1 Å². The molecule has 2 amide bonds. The predicted molar refractivity (Wildman–Crippen MR) is 135 cm³/mol. The molecule has 2 aromatic carbocycles. The Labute approximate surface area is 218 Å². The molecule has 0 spiro atoms. The Morgan fingerprint density at radius 1 is 0.947 bits per heavy atom. The summed E-state index contributed by atoms with van der Waals surface area (Å²) in [5.74, 6) is -1.88. The molecule has 1 aromatic heterocycles. The second kappa shape index (κ2) is 10.4. The number of rotatable bonds is 6. The molecular weight excluding hydrogens is 516 g/mol. The Bertz CT molecular complexity index is 1420. The van der Waals surface area contributed by atoms with Gasteiger partial charge in [-0.2, -0.15) is 5.10 Å². The Kier molecular flexibility index (Phi) is 7.06. The van der Waals surface area contributed by atoms with Gasteiger partial charge in [0, 0.05) is 49.7 Å². The molecule has 38 heavy (non-hydrogen) atoms. The van der Waals surface area contributed by atoms with Crippen LogP contribution < -0.4 is 10.2 Å². The van der Waals surface area contributed by atoms with Gasteiger partial charge in [-0.3, -0.25) is 9.59 Å². The lowest BCUT2D eigenvalue weighted by molar-refractivity contribution is -0.120. The van der Waals surface area contributed by atoms with Gasteiger partial charge in [-0.15, -0.1) is 5.10 Å². The van der Waals surface area contributed by atoms with Crippen molar-refractivity contribution in [1.82, 2.24) is 15.1 Å². The highest BCUT2D eigenvalue weighted by atomic mass is 32.2. The number of benzene rings is 2. The van der Waals surface area contributed by atoms with Crippen LogP contribution in [0.3, 0.4) is 0 Å². The van der Waals surface area contributed by atoms with Gasteiger partial charge >= 0.3 is 0 Å². The first-order valence-corrected chi connectivity index (χ1v) is 13.7. The summed E-state index contributed by atoms with van der Waals surface area (Å²) in [6.07, 6.45) is 1.99. The van der Waals surface area contributed by atoms with E-state index in [9.17, 15) is 26.8 Å². The zero-order valence-corrected chi connectivity index (χ0v) is 21.1. The monoisotopic (exact) mass is 541 g/mol. The van der Waals surface area contributed by atoms with Gasteiger partial charge in [0.05, 0.1) is 16.1 Å². The summed E-state index contributed by atoms with van der Waals surface area (Å²) in [6.45, 7) is 1.35. The second-order valence-corrected chi connectivity index (χ2v) is 11.6. The topological polar surface area (TPSA) is 113 Å². The van der Waals surface area contributed by atoms with Gasteiger partial charge in [-0.05, 0) is 61.4 Å². The molecule has 2 aliphatic heterocycles. The quantitative estimate of drug-likeness (QED) is 0.511. The third kappa shape index (κ3) is 5.35. The number of likely N-dealkylation sites (tertiary alicyclic amines) is 1. The largest absolute Gasteiger partial charge is 0.353 e. The Hall–Kier alpha value is -3.93. The number of carbonyl (C=O) groups excluding carboxylic acids is 2. The third-order valence-corrected chi connectivity index (χ3v) is 9.14. The maximum absolute atomic E-state index is 13.5. The van der Waals surface area contributed by atoms with Crippen molar-refractivity contribution in [2.45, 2.75) is 23.0 Å². The van der Waals surface area contributed by atoms with Crippen molar-refractivity contribution in [3.05, 3.63) is 78.0 Å². The molecule has 0 saturated carbocycles. The molecule has 3 heterocycles. The predicted octanol–water partition coefficient (Wildman–Crippen LogP) is 2.91. The van der Waals surface area contributed by atoms with E-state index >= 15 is 0 Å². The van der Waals surface area contributed by atoms with Crippen LogP contribution in [0, 0.1) is 17.6 Å². The minimum atomic E-state index is -3.67. The molecule has 3 aromatic rings. The molecule has 12 heteroatoms. The van der Waals surface area contributed by atoms with E-state index in [1.54, 1.807) is 24.4 Å². The fraction of sp³-hybridized carbons (Fsp3) is 0.308. The maximum Gasteiger partial charge on any atom is 0.254 e. The molecule has 2 aliphatic rings. The average Bonchev–Trinajstić information content (AvgIpc) is 2.88. The molecule has 0 aliphatic carbocycles. The Morgan fingerprint density at radius 2 is 1.61 bits per heavy atom. The van der Waals surface area contributed by atoms with E-state index in [4.69, 9.17) is 0 Å². The molecule has 0 atom stereocenters. The molecule has 2 fully saturated rings. The first kappa shape index (κ1) is 25.7. The molecule has 0 radical (unpaired) electrons. The van der Waals surface area contributed by atoms with Crippen molar-refractivity contribution in [2.75, 3.05) is 36.4 Å². The molecule has 1 N–H and O–H groups in total. The van der Waals surface area contributed by atoms with Crippen molar-refractivity contribution in [3.63, 3.8) is 0 Å². The van der Waals surface area contributed by atoms with Crippen LogP contribution in [0.15, 0.2) is 65.7 Å². The summed E-state index contributed by atoms with van der Waals surface area (Å²) in [6, 6.07) is 12.3. The van der Waals surface area contributed by atoms with E-state index in [1.165, 1.54) is 17.0 Å². The molecule has 0 unspecified atom stereocenters. The molecule has 2 saturated heterocycles. The van der Waals surface area contributed by atoms with Gasteiger partial charge in [0.15, 0.2) is 15.7 Å². The van der Waals surface area contributed by atoms with Crippen molar-refractivity contribution in [2.24, 2.45) is 5.92 Å². The number of carbonyl (C=O) groups is 2. The lowest BCUT2D eigenvalue weighted by Crippen LogP contribution is -2.52. The van der Waals surface area contributed by atoms with Gasteiger partial charge in [-0.25, -0.2) is 17.2 Å². The smallest absolute Gasteiger partial charge is 0.254 e. The van der Waals surface area contributed by atoms with Gasteiger partial charge in [0.1, 0.15) is 11.6 Å². The summed E-state index contributed by atoms with van der Waals surface area (Å²) < 4.78 is 53.3. The fourth-order valence-electron chi connectivity index (χ4n) is 4.69. The molecule has 9 nitrogen and oxygen atoms in total. The Balaban J connectivity index is 1.15. The van der Waals surface area contributed by atoms with Crippen LogP contribution in [0.2, 0.25) is 0 Å². The summed E-state index contributed by atoms with van der Waals surface area (Å²) in [4.78, 5) is 28.7. The number of sulfone groups is 1. The minimum absolute atomic E-state index is 0.107. The van der Waals surface area contributed by atoms with Crippen LogP contribution in [0.1, 0.15) is 23.2 Å². The fourth-order valence-corrected chi connectivity index (χ4v) is 6.42. The number of anilines is 2. The van der Waals surface area contributed by atoms with E-state index < -0.39 is 32.6 Å². The van der Waals surface area contributed by atoms with E-state index in [1.807, 2.05) is 11.0 Å². The van der Waals surface area contributed by atoms with Crippen LogP contribution in [0.4, 0.5) is 20.3 Å². The van der Waals surface area contributed by atoms with Crippen molar-refractivity contribution in [3.8, 4) is 0 Å². The van der Waals surface area contributed by atoms with Crippen LogP contribution in [-0.4, -0.2) is 66.8 Å². The highest BCUT2D eigenvalue weighted by Crippen LogP contribution is 2.27. The highest BCUT2D eigenvalue weighted by Gasteiger charge is 2.35. The summed E-state index contributed by atoms with van der Waals surface area (Å²) in [5, 5.41) is 9.98. The third-order valence-electron chi connectivity index (χ3n) is 6.86. The van der Waals surface area contributed by atoms with E-state index in [2.05, 4.69) is 15.5 Å². The number of halogens is 2. The number of amides is 2. The molecule has 198 valence electrons. The van der Waals surface area contributed by atoms with Gasteiger partial charge in [-0.1, -0.05) is 0 Å². The summed E-state index contributed by atoms with van der Waals surface area (Å²) >= 11 is 0. The SMILES string of the molecule is O=C(Nc1ccc(S(=O)(=O)C2CCN(C(=O)c3cc(F)cc(F)c3)CC2)cc1)C1CN(c2cccnn2)C1. The van der Waals surface area contributed by atoms with E-state index in [0.29, 0.717) is 30.7 Å².